The molecular formula is C33H68O4. The number of ether oxygens (including phenoxy) is 1. The minimum Gasteiger partial charge on any atom is -0.394 e. The first kappa shape index (κ1) is 36.8. The fourth-order valence-corrected chi connectivity index (χ4v) is 5.64. The Bertz CT molecular complexity index is 401. The molecule has 0 amide bonds. The zero-order valence-corrected chi connectivity index (χ0v) is 25.3. The van der Waals surface area contributed by atoms with Crippen molar-refractivity contribution in [3.63, 3.8) is 0 Å². The molecule has 0 radical (unpaired) electrons. The van der Waals surface area contributed by atoms with Gasteiger partial charge in [0.25, 0.3) is 0 Å². The summed E-state index contributed by atoms with van der Waals surface area (Å²) in [6.07, 6.45) is 32.0. The molecular weight excluding hydrogens is 460 g/mol. The van der Waals surface area contributed by atoms with E-state index in [9.17, 15) is 15.3 Å². The number of aliphatic hydroxyl groups excluding tert-OH is 3. The molecule has 0 heterocycles. The van der Waals surface area contributed by atoms with Crippen LogP contribution in [0.4, 0.5) is 0 Å². The Kier molecular flexibility index (Phi) is 28.7. The average molecular weight is 529 g/mol. The van der Waals surface area contributed by atoms with Gasteiger partial charge in [0.1, 0.15) is 6.10 Å². The van der Waals surface area contributed by atoms with Crippen molar-refractivity contribution in [1.82, 2.24) is 0 Å². The van der Waals surface area contributed by atoms with E-state index in [-0.39, 0.29) is 19.8 Å². The highest BCUT2D eigenvalue weighted by Crippen LogP contribution is 2.31. The number of rotatable bonds is 31. The van der Waals surface area contributed by atoms with Crippen LogP contribution < -0.4 is 0 Å². The lowest BCUT2D eigenvalue weighted by molar-refractivity contribution is -0.152. The van der Waals surface area contributed by atoms with E-state index >= 15 is 0 Å². The van der Waals surface area contributed by atoms with Crippen molar-refractivity contribution in [3.8, 4) is 0 Å². The fraction of sp³-hybridized carbons (Fsp3) is 1.00. The van der Waals surface area contributed by atoms with E-state index in [4.69, 9.17) is 4.74 Å². The molecule has 1 atom stereocenters. The molecule has 0 spiro atoms. The third-order valence-electron chi connectivity index (χ3n) is 8.17. The Balaban J connectivity index is 4.11. The Morgan fingerprint density at radius 2 is 0.784 bits per heavy atom. The second kappa shape index (κ2) is 28.8. The molecule has 1 unspecified atom stereocenters. The SMILES string of the molecule is CCCCCCCCCCCCCCC(CCCCCCCCCCCCCC)(OCCO)C(O)CO. The summed E-state index contributed by atoms with van der Waals surface area (Å²) in [5.74, 6) is 0. The van der Waals surface area contributed by atoms with E-state index in [0.717, 1.165) is 38.5 Å². The maximum absolute atomic E-state index is 10.7. The van der Waals surface area contributed by atoms with Gasteiger partial charge in [-0.15, -0.1) is 0 Å². The highest BCUT2D eigenvalue weighted by molar-refractivity contribution is 4.88. The lowest BCUT2D eigenvalue weighted by atomic mass is 9.84. The molecule has 0 aliphatic carbocycles. The molecule has 0 saturated heterocycles. The highest BCUT2D eigenvalue weighted by Gasteiger charge is 2.37. The Labute approximate surface area is 232 Å². The van der Waals surface area contributed by atoms with Crippen molar-refractivity contribution in [3.05, 3.63) is 0 Å². The Morgan fingerprint density at radius 3 is 1.05 bits per heavy atom. The van der Waals surface area contributed by atoms with Crippen LogP contribution in [-0.4, -0.2) is 46.8 Å². The van der Waals surface area contributed by atoms with E-state index in [1.807, 2.05) is 0 Å². The van der Waals surface area contributed by atoms with Crippen LogP contribution in [0.2, 0.25) is 0 Å². The summed E-state index contributed by atoms with van der Waals surface area (Å²) >= 11 is 0. The molecule has 0 fully saturated rings. The zero-order valence-electron chi connectivity index (χ0n) is 25.3. The van der Waals surface area contributed by atoms with Crippen molar-refractivity contribution < 1.29 is 20.1 Å². The van der Waals surface area contributed by atoms with Crippen LogP contribution >= 0.6 is 0 Å². The van der Waals surface area contributed by atoms with Crippen molar-refractivity contribution in [1.29, 1.82) is 0 Å². The summed E-state index contributed by atoms with van der Waals surface area (Å²) in [5.41, 5.74) is -0.714. The Hall–Kier alpha value is -0.160. The summed E-state index contributed by atoms with van der Waals surface area (Å²) in [7, 11) is 0. The second-order valence-corrected chi connectivity index (χ2v) is 11.6. The summed E-state index contributed by atoms with van der Waals surface area (Å²) < 4.78 is 6.07. The molecule has 0 saturated carbocycles. The molecule has 4 heteroatoms. The lowest BCUT2D eigenvalue weighted by Crippen LogP contribution is -2.47. The van der Waals surface area contributed by atoms with Crippen LogP contribution in [0, 0.1) is 0 Å². The van der Waals surface area contributed by atoms with Gasteiger partial charge in [-0.2, -0.15) is 0 Å². The predicted molar refractivity (Wildman–Crippen MR) is 160 cm³/mol. The van der Waals surface area contributed by atoms with Crippen LogP contribution in [0.15, 0.2) is 0 Å². The molecule has 0 bridgehead atoms. The summed E-state index contributed by atoms with van der Waals surface area (Å²) in [6, 6.07) is 0. The Morgan fingerprint density at radius 1 is 0.486 bits per heavy atom. The van der Waals surface area contributed by atoms with Crippen LogP contribution in [-0.2, 0) is 4.74 Å². The van der Waals surface area contributed by atoms with Gasteiger partial charge in [-0.05, 0) is 12.8 Å². The first-order valence-electron chi connectivity index (χ1n) is 16.7. The molecule has 4 nitrogen and oxygen atoms in total. The van der Waals surface area contributed by atoms with Crippen molar-refractivity contribution in [2.75, 3.05) is 19.8 Å². The number of hydrogen-bond donors (Lipinski definition) is 3. The molecule has 0 aliphatic heterocycles. The van der Waals surface area contributed by atoms with Gasteiger partial charge in [0.2, 0.25) is 0 Å². The summed E-state index contributed by atoms with van der Waals surface area (Å²) in [6.45, 7) is 4.45. The van der Waals surface area contributed by atoms with E-state index in [1.165, 1.54) is 128 Å². The van der Waals surface area contributed by atoms with E-state index in [0.29, 0.717) is 0 Å². The normalized spacial score (nSPS) is 12.9. The fourth-order valence-electron chi connectivity index (χ4n) is 5.64. The van der Waals surface area contributed by atoms with E-state index in [1.54, 1.807) is 0 Å². The van der Waals surface area contributed by atoms with Gasteiger partial charge in [0.15, 0.2) is 0 Å². The van der Waals surface area contributed by atoms with Gasteiger partial charge in [-0.1, -0.05) is 168 Å². The number of unbranched alkanes of at least 4 members (excludes halogenated alkanes) is 22. The van der Waals surface area contributed by atoms with Gasteiger partial charge < -0.3 is 20.1 Å². The van der Waals surface area contributed by atoms with Crippen molar-refractivity contribution >= 4 is 0 Å². The van der Waals surface area contributed by atoms with Gasteiger partial charge in [0.05, 0.1) is 25.4 Å². The third kappa shape index (κ3) is 22.4. The smallest absolute Gasteiger partial charge is 0.106 e. The minimum absolute atomic E-state index is 0.0449. The van der Waals surface area contributed by atoms with Crippen molar-refractivity contribution in [2.24, 2.45) is 0 Å². The van der Waals surface area contributed by atoms with Gasteiger partial charge >= 0.3 is 0 Å². The maximum atomic E-state index is 10.7. The first-order valence-corrected chi connectivity index (χ1v) is 16.7. The molecule has 0 aromatic carbocycles. The molecule has 3 N–H and O–H groups in total. The standard InChI is InChI=1S/C33H68O4/c1-3-5-7-9-11-13-15-17-19-21-23-25-27-33(32(36)31-35,37-30-29-34)28-26-24-22-20-18-16-14-12-10-8-6-4-2/h32,34-36H,3-31H2,1-2H3. The molecule has 0 aromatic heterocycles. The maximum Gasteiger partial charge on any atom is 0.106 e. The lowest BCUT2D eigenvalue weighted by Gasteiger charge is -2.38. The first-order chi connectivity index (χ1) is 18.2. The number of aliphatic hydroxyl groups is 3. The van der Waals surface area contributed by atoms with E-state index in [2.05, 4.69) is 13.8 Å². The quantitative estimate of drug-likeness (QED) is 0.0784. The highest BCUT2D eigenvalue weighted by atomic mass is 16.5. The van der Waals surface area contributed by atoms with Crippen LogP contribution in [0.5, 0.6) is 0 Å². The predicted octanol–water partition coefficient (Wildman–Crippen LogP) is 9.27. The van der Waals surface area contributed by atoms with Crippen LogP contribution in [0.1, 0.15) is 181 Å². The molecule has 0 rings (SSSR count). The topological polar surface area (TPSA) is 69.9 Å². The van der Waals surface area contributed by atoms with Crippen LogP contribution in [0.25, 0.3) is 0 Å². The van der Waals surface area contributed by atoms with E-state index < -0.39 is 11.7 Å². The van der Waals surface area contributed by atoms with Gasteiger partial charge in [-0.3, -0.25) is 0 Å². The monoisotopic (exact) mass is 529 g/mol. The molecule has 224 valence electrons. The number of hydrogen-bond acceptors (Lipinski definition) is 4. The van der Waals surface area contributed by atoms with Crippen LogP contribution in [0.3, 0.4) is 0 Å². The van der Waals surface area contributed by atoms with Crippen molar-refractivity contribution in [2.45, 2.75) is 192 Å². The summed E-state index contributed by atoms with van der Waals surface area (Å²) in [5, 5.41) is 29.8. The third-order valence-corrected chi connectivity index (χ3v) is 8.17. The zero-order chi connectivity index (χ0) is 27.3. The molecule has 0 aromatic rings. The average Bonchev–Trinajstić information content (AvgIpc) is 2.92. The minimum atomic E-state index is -0.875. The molecule has 0 aliphatic rings. The molecule has 37 heavy (non-hydrogen) atoms. The summed E-state index contributed by atoms with van der Waals surface area (Å²) in [4.78, 5) is 0. The second-order valence-electron chi connectivity index (χ2n) is 11.6. The largest absolute Gasteiger partial charge is 0.394 e. The van der Waals surface area contributed by atoms with Gasteiger partial charge in [-0.25, -0.2) is 0 Å². The van der Waals surface area contributed by atoms with Gasteiger partial charge in [0, 0.05) is 0 Å².